The molecular formula is C28H38FN3O3. The lowest BCUT2D eigenvalue weighted by Gasteiger charge is -2.34. The van der Waals surface area contributed by atoms with E-state index in [1.54, 1.807) is 12.1 Å². The van der Waals surface area contributed by atoms with Gasteiger partial charge in [-0.25, -0.2) is 4.39 Å². The smallest absolute Gasteiger partial charge is 0.173 e. The van der Waals surface area contributed by atoms with Crippen molar-refractivity contribution in [3.63, 3.8) is 0 Å². The molecule has 7 heteroatoms. The lowest BCUT2D eigenvalue weighted by Crippen LogP contribution is -2.38. The van der Waals surface area contributed by atoms with Gasteiger partial charge >= 0.3 is 0 Å². The number of benzene rings is 2. The Morgan fingerprint density at radius 3 is 2.46 bits per heavy atom. The molecule has 0 spiro atoms. The highest BCUT2D eigenvalue weighted by Crippen LogP contribution is 2.46. The Kier molecular flexibility index (Phi) is 8.42. The van der Waals surface area contributed by atoms with Crippen LogP contribution in [0.2, 0.25) is 0 Å². The van der Waals surface area contributed by atoms with Crippen molar-refractivity contribution < 1.29 is 18.8 Å². The van der Waals surface area contributed by atoms with Crippen molar-refractivity contribution in [3.8, 4) is 11.5 Å². The van der Waals surface area contributed by atoms with E-state index in [0.717, 1.165) is 54.7 Å². The molecule has 1 saturated heterocycles. The van der Waals surface area contributed by atoms with Crippen molar-refractivity contribution in [2.24, 2.45) is 11.3 Å². The van der Waals surface area contributed by atoms with Gasteiger partial charge in [0, 0.05) is 29.5 Å². The number of halogens is 1. The number of fused-ring (bicyclic) bond motifs is 1. The molecule has 1 aromatic heterocycles. The standard InChI is InChI=1S/C26H31FN2O3.C2H7N/c1-18-24(31-21-5-3-20(27)4-6-21)9-7-22-23(28-32-25(18)22)8-2-19-10-14-29(15-11-19)16-26(17-30)12-13-26;1-3-2/h3-7,9,19,30H,2,8,10-17H2,1H3;3H,1-2H3. The molecule has 3 aromatic rings. The normalized spacial score (nSPS) is 17.7. The van der Waals surface area contributed by atoms with Gasteiger partial charge in [0.15, 0.2) is 5.58 Å². The Hall–Kier alpha value is -2.48. The third kappa shape index (κ3) is 6.40. The Labute approximate surface area is 207 Å². The number of nitrogens with zero attached hydrogens (tertiary/aromatic N) is 2. The van der Waals surface area contributed by atoms with Crippen LogP contribution in [0.4, 0.5) is 4.39 Å². The van der Waals surface area contributed by atoms with Crippen molar-refractivity contribution in [2.75, 3.05) is 40.3 Å². The molecule has 0 bridgehead atoms. The first-order valence-electron chi connectivity index (χ1n) is 12.7. The quantitative estimate of drug-likeness (QED) is 0.452. The fourth-order valence-corrected chi connectivity index (χ4v) is 4.88. The van der Waals surface area contributed by atoms with Crippen LogP contribution in [0.1, 0.15) is 43.4 Å². The highest BCUT2D eigenvalue weighted by atomic mass is 19.1. The van der Waals surface area contributed by atoms with Gasteiger partial charge in [-0.15, -0.1) is 0 Å². The van der Waals surface area contributed by atoms with Crippen LogP contribution in [0.15, 0.2) is 40.9 Å². The minimum absolute atomic E-state index is 0.212. The predicted molar refractivity (Wildman–Crippen MR) is 136 cm³/mol. The maximum atomic E-state index is 13.1. The number of hydrogen-bond donors (Lipinski definition) is 2. The molecular weight excluding hydrogens is 445 g/mol. The molecule has 2 aromatic carbocycles. The number of aliphatic hydroxyl groups is 1. The van der Waals surface area contributed by atoms with Crippen LogP contribution in [0.25, 0.3) is 11.0 Å². The topological polar surface area (TPSA) is 70.8 Å². The zero-order valence-electron chi connectivity index (χ0n) is 21.1. The lowest BCUT2D eigenvalue weighted by molar-refractivity contribution is 0.115. The van der Waals surface area contributed by atoms with Gasteiger partial charge in [-0.3, -0.25) is 0 Å². The maximum Gasteiger partial charge on any atom is 0.173 e. The van der Waals surface area contributed by atoms with Crippen LogP contribution >= 0.6 is 0 Å². The Morgan fingerprint density at radius 1 is 1.14 bits per heavy atom. The summed E-state index contributed by atoms with van der Waals surface area (Å²) in [7, 11) is 3.75. The fourth-order valence-electron chi connectivity index (χ4n) is 4.88. The third-order valence-corrected chi connectivity index (χ3v) is 7.30. The number of aromatic nitrogens is 1. The predicted octanol–water partition coefficient (Wildman–Crippen LogP) is 5.32. The van der Waals surface area contributed by atoms with Crippen LogP contribution in [-0.4, -0.2) is 55.5 Å². The van der Waals surface area contributed by atoms with Crippen molar-refractivity contribution in [3.05, 3.63) is 53.5 Å². The zero-order valence-corrected chi connectivity index (χ0v) is 21.1. The Morgan fingerprint density at radius 2 is 1.83 bits per heavy atom. The molecule has 0 atom stereocenters. The van der Waals surface area contributed by atoms with E-state index < -0.39 is 0 Å². The summed E-state index contributed by atoms with van der Waals surface area (Å²) in [5.41, 5.74) is 2.88. The van der Waals surface area contributed by atoms with E-state index in [9.17, 15) is 9.50 Å². The summed E-state index contributed by atoms with van der Waals surface area (Å²) in [5.74, 6) is 1.71. The highest BCUT2D eigenvalue weighted by molar-refractivity contribution is 5.84. The molecule has 2 heterocycles. The molecule has 0 radical (unpaired) electrons. The number of aryl methyl sites for hydroxylation is 2. The van der Waals surface area contributed by atoms with Crippen molar-refractivity contribution in [1.29, 1.82) is 0 Å². The van der Waals surface area contributed by atoms with Crippen LogP contribution < -0.4 is 10.1 Å². The summed E-state index contributed by atoms with van der Waals surface area (Å²) < 4.78 is 24.7. The van der Waals surface area contributed by atoms with E-state index in [4.69, 9.17) is 9.26 Å². The lowest BCUT2D eigenvalue weighted by atomic mass is 9.90. The summed E-state index contributed by atoms with van der Waals surface area (Å²) in [6.45, 7) is 5.63. The van der Waals surface area contributed by atoms with E-state index >= 15 is 0 Å². The fraction of sp³-hybridized carbons (Fsp3) is 0.536. The average Bonchev–Trinajstić information content (AvgIpc) is 3.51. The van der Waals surface area contributed by atoms with E-state index in [2.05, 4.69) is 15.4 Å². The van der Waals surface area contributed by atoms with Crippen LogP contribution in [0.5, 0.6) is 11.5 Å². The second-order valence-corrected chi connectivity index (χ2v) is 10.2. The molecule has 1 aliphatic heterocycles. The van der Waals surface area contributed by atoms with Crippen molar-refractivity contribution in [2.45, 2.75) is 45.4 Å². The molecule has 1 saturated carbocycles. The summed E-state index contributed by atoms with van der Waals surface area (Å²) in [5, 5.41) is 17.7. The summed E-state index contributed by atoms with van der Waals surface area (Å²) >= 11 is 0. The monoisotopic (exact) mass is 483 g/mol. The number of aliphatic hydroxyl groups excluding tert-OH is 1. The van der Waals surface area contributed by atoms with Crippen LogP contribution in [-0.2, 0) is 6.42 Å². The first-order valence-corrected chi connectivity index (χ1v) is 12.7. The Balaban J connectivity index is 0.000000917. The summed E-state index contributed by atoms with van der Waals surface area (Å²) in [6.07, 6.45) is 6.82. The van der Waals surface area contributed by atoms with Gasteiger partial charge < -0.3 is 24.6 Å². The second kappa shape index (κ2) is 11.5. The zero-order chi connectivity index (χ0) is 24.8. The average molecular weight is 484 g/mol. The third-order valence-electron chi connectivity index (χ3n) is 7.30. The molecule has 35 heavy (non-hydrogen) atoms. The van der Waals surface area contributed by atoms with Crippen molar-refractivity contribution in [1.82, 2.24) is 15.4 Å². The van der Waals surface area contributed by atoms with Gasteiger partial charge in [-0.2, -0.15) is 0 Å². The van der Waals surface area contributed by atoms with E-state index in [0.29, 0.717) is 24.0 Å². The first kappa shape index (κ1) is 25.6. The summed E-state index contributed by atoms with van der Waals surface area (Å²) in [6, 6.07) is 9.96. The highest BCUT2D eigenvalue weighted by Gasteiger charge is 2.43. The Bertz CT molecular complexity index is 1090. The SMILES string of the molecule is CNC.Cc1c(Oc2ccc(F)cc2)ccc2c(CCC3CCN(CC4(CO)CC4)CC3)noc12. The summed E-state index contributed by atoms with van der Waals surface area (Å²) in [4.78, 5) is 2.54. The van der Waals surface area contributed by atoms with Gasteiger partial charge in [0.25, 0.3) is 0 Å². The number of likely N-dealkylation sites (tertiary alicyclic amines) is 1. The number of piperidine rings is 1. The van der Waals surface area contributed by atoms with Crippen LogP contribution in [0, 0.1) is 24.1 Å². The first-order chi connectivity index (χ1) is 17.0. The molecule has 2 N–H and O–H groups in total. The molecule has 6 nitrogen and oxygen atoms in total. The second-order valence-electron chi connectivity index (χ2n) is 10.2. The van der Waals surface area contributed by atoms with Crippen LogP contribution in [0.3, 0.4) is 0 Å². The molecule has 0 amide bonds. The number of rotatable bonds is 8. The molecule has 5 rings (SSSR count). The van der Waals surface area contributed by atoms with Gasteiger partial charge in [0.2, 0.25) is 0 Å². The van der Waals surface area contributed by atoms with Gasteiger partial charge in [0.05, 0.1) is 5.69 Å². The molecule has 1 aliphatic carbocycles. The number of ether oxygens (including phenoxy) is 1. The van der Waals surface area contributed by atoms with E-state index in [1.165, 1.54) is 37.8 Å². The molecule has 2 fully saturated rings. The van der Waals surface area contributed by atoms with Gasteiger partial charge in [-0.05, 0) is 115 Å². The van der Waals surface area contributed by atoms with E-state index in [1.807, 2.05) is 33.2 Å². The maximum absolute atomic E-state index is 13.1. The van der Waals surface area contributed by atoms with Gasteiger partial charge in [0.1, 0.15) is 17.3 Å². The number of hydrogen-bond acceptors (Lipinski definition) is 6. The largest absolute Gasteiger partial charge is 0.457 e. The molecule has 190 valence electrons. The van der Waals surface area contributed by atoms with E-state index in [-0.39, 0.29) is 11.2 Å². The van der Waals surface area contributed by atoms with Crippen molar-refractivity contribution >= 4 is 11.0 Å². The molecule has 0 unspecified atom stereocenters. The minimum atomic E-state index is -0.285. The molecule has 2 aliphatic rings. The van der Waals surface area contributed by atoms with Gasteiger partial charge in [-0.1, -0.05) is 5.16 Å². The number of nitrogens with one attached hydrogen (secondary N) is 1. The minimum Gasteiger partial charge on any atom is -0.457 e.